The first-order valence-electron chi connectivity index (χ1n) is 17.3. The van der Waals surface area contributed by atoms with Crippen molar-refractivity contribution in [2.45, 2.75) is 31.1 Å². The fourth-order valence-electron chi connectivity index (χ4n) is 9.12. The molecule has 4 N–H and O–H groups in total. The molecule has 12 heteroatoms. The van der Waals surface area contributed by atoms with Crippen LogP contribution < -0.4 is 15.1 Å². The van der Waals surface area contributed by atoms with E-state index in [1.807, 2.05) is 31.2 Å². The molecule has 0 bridgehead atoms. The first-order valence-corrected chi connectivity index (χ1v) is 17.3. The molecule has 268 valence electrons. The molecule has 0 unspecified atom stereocenters. The maximum absolute atomic E-state index is 15.3. The number of aromatic hydroxyl groups is 2. The molecule has 2 aliphatic carbocycles. The number of hydrogen-bond donors (Lipinski definition) is 4. The summed E-state index contributed by atoms with van der Waals surface area (Å²) in [6.45, 7) is 1.92. The fourth-order valence-corrected chi connectivity index (χ4v) is 9.12. The molecule has 0 aromatic heterocycles. The maximum Gasteiger partial charge on any atom is 0.339 e. The molecule has 1 saturated carbocycles. The summed E-state index contributed by atoms with van der Waals surface area (Å²) in [4.78, 5) is 71.1. The molecular weight excluding hydrogens is 678 g/mol. The van der Waals surface area contributed by atoms with Crippen LogP contribution in [-0.2, 0) is 24.6 Å². The summed E-state index contributed by atoms with van der Waals surface area (Å²) in [5.74, 6) is -8.65. The number of carboxylic acids is 1. The Morgan fingerprint density at radius 3 is 2.28 bits per heavy atom. The molecule has 8 rings (SSSR count). The van der Waals surface area contributed by atoms with Crippen molar-refractivity contribution in [1.82, 2.24) is 5.01 Å². The molecular formula is C41H35N3O9. The number of aryl methyl sites for hydroxylation is 1. The van der Waals surface area contributed by atoms with Gasteiger partial charge in [-0.1, -0.05) is 71.8 Å². The molecule has 4 aromatic carbocycles. The van der Waals surface area contributed by atoms with Gasteiger partial charge in [-0.3, -0.25) is 24.6 Å². The van der Waals surface area contributed by atoms with Crippen LogP contribution >= 0.6 is 0 Å². The van der Waals surface area contributed by atoms with Crippen molar-refractivity contribution in [3.05, 3.63) is 125 Å². The van der Waals surface area contributed by atoms with E-state index in [0.29, 0.717) is 22.4 Å². The number of carbonyl (C=O) groups is 5. The molecule has 2 saturated heterocycles. The van der Waals surface area contributed by atoms with Crippen molar-refractivity contribution in [2.75, 3.05) is 17.4 Å². The second kappa shape index (κ2) is 12.4. The van der Waals surface area contributed by atoms with Crippen molar-refractivity contribution < 1.29 is 44.0 Å². The molecule has 3 fully saturated rings. The zero-order valence-corrected chi connectivity index (χ0v) is 28.7. The number of nitrogens with one attached hydrogen (secondary N) is 1. The van der Waals surface area contributed by atoms with Crippen LogP contribution in [0.2, 0.25) is 0 Å². The summed E-state index contributed by atoms with van der Waals surface area (Å²) in [5, 5.41) is 32.7. The maximum atomic E-state index is 15.3. The smallest absolute Gasteiger partial charge is 0.339 e. The van der Waals surface area contributed by atoms with Gasteiger partial charge in [-0.05, 0) is 61.6 Å². The zero-order valence-electron chi connectivity index (χ0n) is 28.7. The number of para-hydroxylation sites is 1. The van der Waals surface area contributed by atoms with Crippen molar-refractivity contribution in [2.24, 2.45) is 23.7 Å². The Morgan fingerprint density at radius 1 is 0.868 bits per heavy atom. The summed E-state index contributed by atoms with van der Waals surface area (Å²) in [6, 6.07) is 24.7. The Kier molecular flexibility index (Phi) is 7.86. The summed E-state index contributed by atoms with van der Waals surface area (Å²) >= 11 is 0. The minimum absolute atomic E-state index is 0.0236. The molecule has 12 nitrogen and oxygen atoms in total. The van der Waals surface area contributed by atoms with Gasteiger partial charge in [-0.2, -0.15) is 5.01 Å². The van der Waals surface area contributed by atoms with E-state index in [4.69, 9.17) is 4.74 Å². The lowest BCUT2D eigenvalue weighted by atomic mass is 9.49. The van der Waals surface area contributed by atoms with E-state index in [1.165, 1.54) is 13.2 Å². The number of carbonyl (C=O) groups excluding carboxylic acids is 4. The number of phenols is 2. The van der Waals surface area contributed by atoms with Gasteiger partial charge < -0.3 is 20.1 Å². The van der Waals surface area contributed by atoms with Gasteiger partial charge >= 0.3 is 5.97 Å². The molecule has 6 atom stereocenters. The van der Waals surface area contributed by atoms with Crippen LogP contribution in [0, 0.1) is 30.6 Å². The monoisotopic (exact) mass is 713 g/mol. The van der Waals surface area contributed by atoms with Gasteiger partial charge in [0.25, 0.3) is 11.8 Å². The number of fused-ring (bicyclic) bond motifs is 4. The van der Waals surface area contributed by atoms with Gasteiger partial charge in [0.05, 0.1) is 41.7 Å². The van der Waals surface area contributed by atoms with E-state index >= 15 is 4.79 Å². The minimum atomic E-state index is -1.58. The lowest BCUT2D eigenvalue weighted by Crippen LogP contribution is -2.53. The molecule has 2 heterocycles. The second-order valence-electron chi connectivity index (χ2n) is 14.0. The third-order valence-electron chi connectivity index (χ3n) is 11.4. The number of phenolic OH excluding ortho intramolecular Hbond substituents is 1. The lowest BCUT2D eigenvalue weighted by Gasteiger charge is -2.50. The average Bonchev–Trinajstić information content (AvgIpc) is 3.53. The molecule has 0 spiro atoms. The second-order valence-corrected chi connectivity index (χ2v) is 14.0. The number of benzene rings is 4. The number of carboxylic acid groups (broad SMARTS) is 1. The van der Waals surface area contributed by atoms with E-state index < -0.39 is 70.4 Å². The topological polar surface area (TPSA) is 174 Å². The Bertz CT molecular complexity index is 2250. The van der Waals surface area contributed by atoms with Gasteiger partial charge in [-0.15, -0.1) is 0 Å². The molecule has 4 amide bonds. The Morgan fingerprint density at radius 2 is 1.60 bits per heavy atom. The fraction of sp³-hybridized carbons (Fsp3) is 0.244. The Balaban J connectivity index is 1.31. The number of hydrazine groups is 1. The number of ether oxygens (including phenoxy) is 1. The van der Waals surface area contributed by atoms with Crippen LogP contribution in [0.25, 0.3) is 0 Å². The number of imide groups is 2. The number of nitrogens with zero attached hydrogens (tertiary/aromatic N) is 2. The van der Waals surface area contributed by atoms with Crippen molar-refractivity contribution >= 4 is 41.0 Å². The predicted molar refractivity (Wildman–Crippen MR) is 191 cm³/mol. The van der Waals surface area contributed by atoms with Crippen molar-refractivity contribution in [3.8, 4) is 17.2 Å². The van der Waals surface area contributed by atoms with Crippen LogP contribution in [0.4, 0.5) is 11.4 Å². The molecule has 4 aromatic rings. The van der Waals surface area contributed by atoms with Crippen LogP contribution in [-0.4, -0.2) is 57.0 Å². The number of methoxy groups -OCH3 is 1. The molecule has 2 aliphatic heterocycles. The number of rotatable bonds is 7. The largest absolute Gasteiger partial charge is 0.507 e. The highest BCUT2D eigenvalue weighted by Gasteiger charge is 2.70. The van der Waals surface area contributed by atoms with E-state index in [-0.39, 0.29) is 35.6 Å². The minimum Gasteiger partial charge on any atom is -0.507 e. The highest BCUT2D eigenvalue weighted by Crippen LogP contribution is 2.65. The summed E-state index contributed by atoms with van der Waals surface area (Å²) in [6.07, 6.45) is 2.03. The number of hydrogen-bond acceptors (Lipinski definition) is 9. The van der Waals surface area contributed by atoms with Crippen LogP contribution in [0.15, 0.2) is 103 Å². The predicted octanol–water partition coefficient (Wildman–Crippen LogP) is 5.30. The van der Waals surface area contributed by atoms with E-state index in [0.717, 1.165) is 27.6 Å². The van der Waals surface area contributed by atoms with E-state index in [2.05, 4.69) is 5.43 Å². The summed E-state index contributed by atoms with van der Waals surface area (Å²) in [7, 11) is 1.42. The van der Waals surface area contributed by atoms with Crippen LogP contribution in [0.1, 0.15) is 45.8 Å². The first-order chi connectivity index (χ1) is 25.5. The number of amides is 4. The normalized spacial score (nSPS) is 26.2. The number of aromatic carboxylic acids is 1. The third kappa shape index (κ3) is 4.85. The SMILES string of the molecule is COc1cccc([C@H]2C3=CC[C@@H]4C(=O)N(c5ccc(C(=O)O)c(O)c5)C(=O)[C@@H]4[C@@H]3C[C@H]3C(=O)N(Nc4ccc(C)cc4)C(=O)[C@@]23c2ccccc2)c1O. The molecule has 0 radical (unpaired) electrons. The standard InChI is InChI=1S/C41H35N3O9/c1-21-11-13-23(14-12-21)42-44-37(48)30-20-29-25(17-18-27-33(29)38(49)43(36(27)47)24-15-16-26(39(50)51)31(45)19-24)34(28-9-6-10-32(53-2)35(28)46)41(30,40(44)52)22-7-4-3-5-8-22/h3-17,19,27,29-30,33-34,42,45-46H,18,20H2,1-2H3,(H,50,51)/t27-,29+,30-,33-,34+,41+/m0/s1. The first kappa shape index (κ1) is 33.7. The Hall–Kier alpha value is -6.43. The quantitative estimate of drug-likeness (QED) is 0.145. The molecule has 53 heavy (non-hydrogen) atoms. The van der Waals surface area contributed by atoms with Gasteiger partial charge in [0.1, 0.15) is 11.3 Å². The van der Waals surface area contributed by atoms with Crippen LogP contribution in [0.5, 0.6) is 17.2 Å². The summed E-state index contributed by atoms with van der Waals surface area (Å²) in [5.41, 5.74) is 4.13. The third-order valence-corrected chi connectivity index (χ3v) is 11.4. The molecule has 4 aliphatic rings. The number of allylic oxidation sites excluding steroid dienone is 2. The van der Waals surface area contributed by atoms with Gasteiger partial charge in [0, 0.05) is 17.5 Å². The van der Waals surface area contributed by atoms with Gasteiger partial charge in [0.15, 0.2) is 11.5 Å². The van der Waals surface area contributed by atoms with Gasteiger partial charge in [-0.25, -0.2) is 9.69 Å². The van der Waals surface area contributed by atoms with Crippen molar-refractivity contribution in [1.29, 1.82) is 0 Å². The van der Waals surface area contributed by atoms with E-state index in [1.54, 1.807) is 54.6 Å². The number of anilines is 2. The summed E-state index contributed by atoms with van der Waals surface area (Å²) < 4.78 is 5.51. The van der Waals surface area contributed by atoms with Gasteiger partial charge in [0.2, 0.25) is 11.8 Å². The average molecular weight is 714 g/mol. The highest BCUT2D eigenvalue weighted by molar-refractivity contribution is 6.23. The van der Waals surface area contributed by atoms with Crippen molar-refractivity contribution in [3.63, 3.8) is 0 Å². The zero-order chi connectivity index (χ0) is 37.3. The van der Waals surface area contributed by atoms with E-state index in [9.17, 15) is 34.5 Å². The Labute approximate surface area is 303 Å². The lowest BCUT2D eigenvalue weighted by molar-refractivity contribution is -0.138. The highest BCUT2D eigenvalue weighted by atomic mass is 16.5. The van der Waals surface area contributed by atoms with Crippen LogP contribution in [0.3, 0.4) is 0 Å².